The molecule has 6 heteroatoms. The molecule has 2 atom stereocenters. The van der Waals surface area contributed by atoms with E-state index in [4.69, 9.17) is 4.74 Å². The molecule has 96 valence electrons. The van der Waals surface area contributed by atoms with Crippen molar-refractivity contribution in [3.05, 3.63) is 0 Å². The lowest BCUT2D eigenvalue weighted by atomic mass is 10.1. The van der Waals surface area contributed by atoms with Crippen molar-refractivity contribution in [3.63, 3.8) is 0 Å². The van der Waals surface area contributed by atoms with Gasteiger partial charge >= 0.3 is 5.97 Å². The summed E-state index contributed by atoms with van der Waals surface area (Å²) in [6, 6.07) is -0.421. The highest BCUT2D eigenvalue weighted by molar-refractivity contribution is 8.14. The number of rotatable bonds is 5. The molecule has 1 heterocycles. The van der Waals surface area contributed by atoms with Crippen LogP contribution in [0.1, 0.15) is 26.7 Å². The second kappa shape index (κ2) is 6.64. The van der Waals surface area contributed by atoms with Crippen molar-refractivity contribution in [2.45, 2.75) is 32.7 Å². The van der Waals surface area contributed by atoms with Crippen molar-refractivity contribution in [1.82, 2.24) is 5.32 Å². The molecule has 1 N–H and O–H groups in total. The summed E-state index contributed by atoms with van der Waals surface area (Å²) in [6.45, 7) is 3.31. The van der Waals surface area contributed by atoms with Crippen LogP contribution in [-0.4, -0.2) is 35.4 Å². The highest BCUT2D eigenvalue weighted by Crippen LogP contribution is 2.19. The van der Waals surface area contributed by atoms with Gasteiger partial charge in [0.2, 0.25) is 5.12 Å². The van der Waals surface area contributed by atoms with Crippen LogP contribution in [-0.2, 0) is 19.1 Å². The molecule has 5 nitrogen and oxygen atoms in total. The summed E-state index contributed by atoms with van der Waals surface area (Å²) in [5.41, 5.74) is 0. The molecule has 1 fully saturated rings. The molecule has 0 bridgehead atoms. The van der Waals surface area contributed by atoms with Crippen molar-refractivity contribution in [1.29, 1.82) is 0 Å². The Bertz CT molecular complexity index is 319. The van der Waals surface area contributed by atoms with Crippen molar-refractivity contribution in [2.24, 2.45) is 5.92 Å². The molecule has 1 saturated heterocycles. The third kappa shape index (κ3) is 4.38. The summed E-state index contributed by atoms with van der Waals surface area (Å²) < 4.78 is 4.83. The molecule has 0 saturated carbocycles. The molecule has 1 amide bonds. The number of nitrogens with one attached hydrogen (secondary N) is 1. The van der Waals surface area contributed by atoms with Crippen molar-refractivity contribution in [3.8, 4) is 0 Å². The topological polar surface area (TPSA) is 72.5 Å². The Morgan fingerprint density at radius 3 is 2.82 bits per heavy atom. The molecule has 0 aliphatic carbocycles. The van der Waals surface area contributed by atoms with E-state index in [1.807, 2.05) is 6.92 Å². The molecule has 0 aromatic heterocycles. The molecule has 0 aromatic rings. The van der Waals surface area contributed by atoms with Crippen LogP contribution < -0.4 is 5.32 Å². The van der Waals surface area contributed by atoms with E-state index in [2.05, 4.69) is 5.32 Å². The van der Waals surface area contributed by atoms with E-state index < -0.39 is 11.9 Å². The number of hydrogen-bond acceptors (Lipinski definition) is 5. The van der Waals surface area contributed by atoms with Crippen molar-refractivity contribution < 1.29 is 19.1 Å². The van der Waals surface area contributed by atoms with Crippen molar-refractivity contribution >= 4 is 28.8 Å². The predicted octanol–water partition coefficient (Wildman–Crippen LogP) is 0.724. The van der Waals surface area contributed by atoms with Gasteiger partial charge in [0.25, 0.3) is 5.91 Å². The predicted molar refractivity (Wildman–Crippen MR) is 64.4 cm³/mol. The second-order valence-corrected chi connectivity index (χ2v) is 5.09. The first-order valence-corrected chi connectivity index (χ1v) is 6.65. The van der Waals surface area contributed by atoms with Gasteiger partial charge in [0, 0.05) is 5.75 Å². The van der Waals surface area contributed by atoms with Gasteiger partial charge in [-0.15, -0.1) is 0 Å². The Morgan fingerprint density at radius 2 is 2.29 bits per heavy atom. The van der Waals surface area contributed by atoms with Crippen molar-refractivity contribution in [2.75, 3.05) is 12.4 Å². The maximum Gasteiger partial charge on any atom is 0.309 e. The minimum atomic E-state index is -0.421. The van der Waals surface area contributed by atoms with Crippen LogP contribution in [0, 0.1) is 5.92 Å². The molecular weight excluding hydrogens is 242 g/mol. The highest BCUT2D eigenvalue weighted by atomic mass is 32.2. The van der Waals surface area contributed by atoms with Gasteiger partial charge in [0.15, 0.2) is 6.61 Å². The van der Waals surface area contributed by atoms with Gasteiger partial charge in [-0.05, 0) is 12.8 Å². The lowest BCUT2D eigenvalue weighted by Gasteiger charge is -2.12. The van der Waals surface area contributed by atoms with E-state index in [1.165, 1.54) is 11.8 Å². The minimum Gasteiger partial charge on any atom is -0.455 e. The lowest BCUT2D eigenvalue weighted by Crippen LogP contribution is -2.39. The summed E-state index contributed by atoms with van der Waals surface area (Å²) in [5, 5.41) is 2.53. The van der Waals surface area contributed by atoms with E-state index >= 15 is 0 Å². The monoisotopic (exact) mass is 259 g/mol. The first kappa shape index (κ1) is 14.0. The highest BCUT2D eigenvalue weighted by Gasteiger charge is 2.27. The van der Waals surface area contributed by atoms with Crippen LogP contribution in [0.5, 0.6) is 0 Å². The minimum absolute atomic E-state index is 0.0217. The zero-order valence-electron chi connectivity index (χ0n) is 10.0. The number of hydrogen-bond donors (Lipinski definition) is 1. The zero-order valence-corrected chi connectivity index (χ0v) is 10.8. The van der Waals surface area contributed by atoms with Gasteiger partial charge in [0.05, 0.1) is 12.0 Å². The van der Waals surface area contributed by atoms with Gasteiger partial charge < -0.3 is 10.1 Å². The SMILES string of the molecule is CCC(C)C(=O)OCC(=O)NC1CCSC1=O. The fraction of sp³-hybridized carbons (Fsp3) is 0.727. The largest absolute Gasteiger partial charge is 0.455 e. The lowest BCUT2D eigenvalue weighted by molar-refractivity contribution is -0.152. The zero-order chi connectivity index (χ0) is 12.8. The molecule has 0 radical (unpaired) electrons. The number of carbonyl (C=O) groups excluding carboxylic acids is 3. The average Bonchev–Trinajstić information content (AvgIpc) is 2.71. The fourth-order valence-corrected chi connectivity index (χ4v) is 2.24. The van der Waals surface area contributed by atoms with E-state index in [-0.39, 0.29) is 23.6 Å². The van der Waals surface area contributed by atoms with Crippen LogP contribution in [0.2, 0.25) is 0 Å². The Morgan fingerprint density at radius 1 is 1.59 bits per heavy atom. The number of esters is 1. The third-order valence-corrected chi connectivity index (χ3v) is 3.64. The molecule has 2 unspecified atom stereocenters. The summed E-state index contributed by atoms with van der Waals surface area (Å²) in [5.74, 6) is -0.264. The Balaban J connectivity index is 2.25. The third-order valence-electron chi connectivity index (χ3n) is 2.63. The summed E-state index contributed by atoms with van der Waals surface area (Å²) in [7, 11) is 0. The molecule has 1 aliphatic rings. The first-order chi connectivity index (χ1) is 8.04. The van der Waals surface area contributed by atoms with Crippen LogP contribution in [0.15, 0.2) is 0 Å². The van der Waals surface area contributed by atoms with Gasteiger partial charge in [-0.3, -0.25) is 14.4 Å². The maximum absolute atomic E-state index is 11.4. The molecule has 0 aromatic carbocycles. The molecule has 0 spiro atoms. The van der Waals surface area contributed by atoms with Crippen LogP contribution >= 0.6 is 11.8 Å². The molecule has 1 aliphatic heterocycles. The smallest absolute Gasteiger partial charge is 0.309 e. The Labute approximate surface area is 105 Å². The standard InChI is InChI=1S/C11H17NO4S/c1-3-7(2)10(14)16-6-9(13)12-8-4-5-17-11(8)15/h7-8H,3-6H2,1-2H3,(H,12,13). The van der Waals surface area contributed by atoms with Gasteiger partial charge in [-0.25, -0.2) is 0 Å². The Hall–Kier alpha value is -1.04. The van der Waals surface area contributed by atoms with Crippen LogP contribution in [0.4, 0.5) is 0 Å². The van der Waals surface area contributed by atoms with Gasteiger partial charge in [-0.1, -0.05) is 25.6 Å². The van der Waals surface area contributed by atoms with Crippen LogP contribution in [0.3, 0.4) is 0 Å². The number of carbonyl (C=O) groups is 3. The van der Waals surface area contributed by atoms with E-state index in [0.29, 0.717) is 12.8 Å². The Kier molecular flexibility index (Phi) is 5.47. The van der Waals surface area contributed by atoms with Gasteiger partial charge in [-0.2, -0.15) is 0 Å². The normalized spacial score (nSPS) is 21.1. The van der Waals surface area contributed by atoms with E-state index in [1.54, 1.807) is 6.92 Å². The summed E-state index contributed by atoms with van der Waals surface area (Å²) >= 11 is 1.22. The van der Waals surface area contributed by atoms with E-state index in [9.17, 15) is 14.4 Å². The fourth-order valence-electron chi connectivity index (χ4n) is 1.31. The molecular formula is C11H17NO4S. The summed E-state index contributed by atoms with van der Waals surface area (Å²) in [6.07, 6.45) is 1.33. The first-order valence-electron chi connectivity index (χ1n) is 5.67. The summed E-state index contributed by atoms with van der Waals surface area (Å²) in [4.78, 5) is 34.0. The maximum atomic E-state index is 11.4. The quantitative estimate of drug-likeness (QED) is 0.737. The number of ether oxygens (including phenoxy) is 1. The second-order valence-electron chi connectivity index (χ2n) is 3.99. The van der Waals surface area contributed by atoms with Crippen LogP contribution in [0.25, 0.3) is 0 Å². The van der Waals surface area contributed by atoms with Gasteiger partial charge in [0.1, 0.15) is 0 Å². The number of amides is 1. The number of thioether (sulfide) groups is 1. The molecule has 1 rings (SSSR count). The van der Waals surface area contributed by atoms with E-state index in [0.717, 1.165) is 5.75 Å². The molecule has 17 heavy (non-hydrogen) atoms. The average molecular weight is 259 g/mol.